The monoisotopic (exact) mass is 459 g/mol. The Morgan fingerprint density at radius 2 is 1.90 bits per heavy atom. The van der Waals surface area contributed by atoms with Crippen LogP contribution in [0, 0.1) is 19.8 Å². The van der Waals surface area contributed by atoms with Crippen molar-refractivity contribution in [3.8, 4) is 0 Å². The molecule has 1 aliphatic heterocycles. The van der Waals surface area contributed by atoms with E-state index in [2.05, 4.69) is 5.16 Å². The Bertz CT molecular complexity index is 1030. The van der Waals surface area contributed by atoms with Gasteiger partial charge in [-0.1, -0.05) is 17.3 Å². The molecule has 11 heteroatoms. The minimum Gasteiger partial charge on any atom is -0.360 e. The summed E-state index contributed by atoms with van der Waals surface area (Å²) in [4.78, 5) is 14.4. The number of aromatic nitrogens is 1. The number of aryl methyl sites for hydroxylation is 2. The largest absolute Gasteiger partial charge is 0.416 e. The molecule has 3 rings (SSSR count). The number of piperidine rings is 1. The summed E-state index contributed by atoms with van der Waals surface area (Å²) in [7, 11) is -2.29. The molecule has 1 fully saturated rings. The van der Waals surface area contributed by atoms with Gasteiger partial charge < -0.3 is 9.42 Å². The highest BCUT2D eigenvalue weighted by Crippen LogP contribution is 2.30. The second-order valence-electron chi connectivity index (χ2n) is 7.74. The van der Waals surface area contributed by atoms with Gasteiger partial charge in [0, 0.05) is 26.7 Å². The van der Waals surface area contributed by atoms with E-state index in [1.54, 1.807) is 14.0 Å². The smallest absolute Gasteiger partial charge is 0.360 e. The Balaban J connectivity index is 1.69. The van der Waals surface area contributed by atoms with Crippen LogP contribution in [0.25, 0.3) is 0 Å². The van der Waals surface area contributed by atoms with Gasteiger partial charge in [-0.05, 0) is 44.4 Å². The number of nitrogens with zero attached hydrogens (tertiary/aromatic N) is 3. The van der Waals surface area contributed by atoms with Crippen molar-refractivity contribution in [3.05, 3.63) is 46.8 Å². The summed E-state index contributed by atoms with van der Waals surface area (Å²) in [6.45, 7) is 3.52. The summed E-state index contributed by atoms with van der Waals surface area (Å²) in [5.74, 6) is -0.590. The summed E-state index contributed by atoms with van der Waals surface area (Å²) < 4.78 is 70.5. The van der Waals surface area contributed by atoms with Crippen molar-refractivity contribution in [3.63, 3.8) is 0 Å². The van der Waals surface area contributed by atoms with E-state index in [9.17, 15) is 26.4 Å². The maximum absolute atomic E-state index is 13.0. The van der Waals surface area contributed by atoms with E-state index in [4.69, 9.17) is 4.52 Å². The van der Waals surface area contributed by atoms with E-state index in [-0.39, 0.29) is 35.3 Å². The van der Waals surface area contributed by atoms with Crippen molar-refractivity contribution in [2.45, 2.75) is 44.3 Å². The molecule has 1 aliphatic rings. The summed E-state index contributed by atoms with van der Waals surface area (Å²) in [6, 6.07) is 4.63. The average molecular weight is 459 g/mol. The van der Waals surface area contributed by atoms with E-state index in [1.807, 2.05) is 0 Å². The molecule has 0 aliphatic carbocycles. The van der Waals surface area contributed by atoms with Gasteiger partial charge in [0.05, 0.1) is 11.5 Å². The molecule has 2 aromatic rings. The lowest BCUT2D eigenvalue weighted by molar-refractivity contribution is -0.138. The predicted molar refractivity (Wildman–Crippen MR) is 105 cm³/mol. The highest BCUT2D eigenvalue weighted by molar-refractivity contribution is 7.89. The lowest BCUT2D eigenvalue weighted by Gasteiger charge is -2.33. The van der Waals surface area contributed by atoms with Gasteiger partial charge in [-0.25, -0.2) is 8.42 Å². The molecular formula is C20H24F3N3O4S. The molecule has 0 saturated carbocycles. The maximum Gasteiger partial charge on any atom is 0.416 e. The first-order chi connectivity index (χ1) is 14.4. The van der Waals surface area contributed by atoms with Crippen LogP contribution in [0.3, 0.4) is 0 Å². The predicted octanol–water partition coefficient (Wildman–Crippen LogP) is 3.37. The lowest BCUT2D eigenvalue weighted by atomic mass is 9.98. The highest BCUT2D eigenvalue weighted by atomic mass is 32.2. The molecule has 7 nitrogen and oxygen atoms in total. The van der Waals surface area contributed by atoms with Gasteiger partial charge in [-0.15, -0.1) is 0 Å². The minimum atomic E-state index is -4.42. The fraction of sp³-hybridized carbons (Fsp3) is 0.500. The van der Waals surface area contributed by atoms with Crippen molar-refractivity contribution in [2.75, 3.05) is 20.1 Å². The summed E-state index contributed by atoms with van der Waals surface area (Å²) >= 11 is 0. The minimum absolute atomic E-state index is 0.0266. The molecule has 0 bridgehead atoms. The number of hydrogen-bond acceptors (Lipinski definition) is 5. The molecule has 1 aromatic heterocycles. The van der Waals surface area contributed by atoms with E-state index >= 15 is 0 Å². The third-order valence-electron chi connectivity index (χ3n) is 5.38. The fourth-order valence-electron chi connectivity index (χ4n) is 3.80. The van der Waals surface area contributed by atoms with Crippen LogP contribution in [0.1, 0.15) is 35.4 Å². The Kier molecular flexibility index (Phi) is 6.47. The van der Waals surface area contributed by atoms with E-state index < -0.39 is 27.7 Å². The van der Waals surface area contributed by atoms with Crippen LogP contribution in [0.15, 0.2) is 33.7 Å². The van der Waals surface area contributed by atoms with Crippen LogP contribution in [0.4, 0.5) is 13.2 Å². The molecular weight excluding hydrogens is 435 g/mol. The third kappa shape index (κ3) is 4.93. The zero-order valence-corrected chi connectivity index (χ0v) is 18.3. The standard InChI is InChI=1S/C20H24F3N3O4S/c1-13-18(14(2)30-24-13)31(28,29)26-10-4-5-16(12-26)19(27)25(3)11-15-6-8-17(9-7-15)20(21,22)23/h6-9,16H,4-5,10-12H2,1-3H3. The Hall–Kier alpha value is -2.40. The van der Waals surface area contributed by atoms with Crippen molar-refractivity contribution < 1.29 is 30.9 Å². The van der Waals surface area contributed by atoms with Crippen LogP contribution >= 0.6 is 0 Å². The number of halogens is 3. The molecule has 0 radical (unpaired) electrons. The van der Waals surface area contributed by atoms with Crippen LogP contribution in [-0.4, -0.2) is 48.8 Å². The lowest BCUT2D eigenvalue weighted by Crippen LogP contribution is -2.45. The molecule has 1 amide bonds. The number of rotatable bonds is 5. The molecule has 31 heavy (non-hydrogen) atoms. The van der Waals surface area contributed by atoms with E-state index in [1.165, 1.54) is 28.3 Å². The van der Waals surface area contributed by atoms with Gasteiger partial charge in [0.25, 0.3) is 0 Å². The highest BCUT2D eigenvalue weighted by Gasteiger charge is 2.37. The van der Waals surface area contributed by atoms with Crippen molar-refractivity contribution >= 4 is 15.9 Å². The van der Waals surface area contributed by atoms with E-state index in [0.717, 1.165) is 12.1 Å². The molecule has 2 heterocycles. The van der Waals surface area contributed by atoms with Gasteiger partial charge in [0.1, 0.15) is 10.6 Å². The van der Waals surface area contributed by atoms with Crippen LogP contribution in [-0.2, 0) is 27.5 Å². The SMILES string of the molecule is Cc1noc(C)c1S(=O)(=O)N1CCCC(C(=O)N(C)Cc2ccc(C(F)(F)F)cc2)C1. The van der Waals surface area contributed by atoms with Gasteiger partial charge >= 0.3 is 6.18 Å². The number of carbonyl (C=O) groups excluding carboxylic acids is 1. The first kappa shape index (κ1) is 23.3. The molecule has 1 atom stereocenters. The number of alkyl halides is 3. The third-order valence-corrected chi connectivity index (χ3v) is 7.49. The first-order valence-electron chi connectivity index (χ1n) is 9.75. The summed E-state index contributed by atoms with van der Waals surface area (Å²) in [5, 5.41) is 3.70. The normalized spacial score (nSPS) is 18.2. The van der Waals surface area contributed by atoms with Crippen LogP contribution < -0.4 is 0 Å². The Labute approximate surface area is 178 Å². The van der Waals surface area contributed by atoms with Gasteiger partial charge in [-0.3, -0.25) is 4.79 Å². The molecule has 170 valence electrons. The van der Waals surface area contributed by atoms with Gasteiger partial charge in [0.15, 0.2) is 5.76 Å². The number of benzene rings is 1. The molecule has 1 aromatic carbocycles. The van der Waals surface area contributed by atoms with Crippen LogP contribution in [0.5, 0.6) is 0 Å². The first-order valence-corrected chi connectivity index (χ1v) is 11.2. The van der Waals surface area contributed by atoms with Gasteiger partial charge in [-0.2, -0.15) is 17.5 Å². The Morgan fingerprint density at radius 3 is 2.45 bits per heavy atom. The Morgan fingerprint density at radius 1 is 1.26 bits per heavy atom. The number of hydrogen-bond donors (Lipinski definition) is 0. The zero-order valence-electron chi connectivity index (χ0n) is 17.4. The zero-order chi connectivity index (χ0) is 23.0. The molecule has 1 saturated heterocycles. The number of sulfonamides is 1. The van der Waals surface area contributed by atoms with Crippen molar-refractivity contribution in [1.82, 2.24) is 14.4 Å². The second kappa shape index (κ2) is 8.62. The van der Waals surface area contributed by atoms with Crippen molar-refractivity contribution in [1.29, 1.82) is 0 Å². The van der Waals surface area contributed by atoms with Crippen LogP contribution in [0.2, 0.25) is 0 Å². The number of amides is 1. The van der Waals surface area contributed by atoms with Gasteiger partial charge in [0.2, 0.25) is 15.9 Å². The quantitative estimate of drug-likeness (QED) is 0.685. The van der Waals surface area contributed by atoms with E-state index in [0.29, 0.717) is 24.9 Å². The van der Waals surface area contributed by atoms with Crippen molar-refractivity contribution in [2.24, 2.45) is 5.92 Å². The summed E-state index contributed by atoms with van der Waals surface area (Å²) in [5.41, 5.74) is 0.0721. The maximum atomic E-state index is 13.0. The molecule has 0 N–H and O–H groups in total. The molecule has 0 spiro atoms. The topological polar surface area (TPSA) is 83.7 Å². The molecule has 1 unspecified atom stereocenters. The fourth-order valence-corrected chi connectivity index (χ4v) is 5.61. The summed E-state index contributed by atoms with van der Waals surface area (Å²) in [6.07, 6.45) is -3.37. The number of carbonyl (C=O) groups is 1. The second-order valence-corrected chi connectivity index (χ2v) is 9.62. The average Bonchev–Trinajstić information content (AvgIpc) is 3.06.